The number of nitrogens with zero attached hydrogens (tertiary/aromatic N) is 1. The van der Waals surface area contributed by atoms with Crippen LogP contribution in [-0.4, -0.2) is 37.4 Å². The third-order valence-corrected chi connectivity index (χ3v) is 2.78. The third-order valence-electron chi connectivity index (χ3n) is 2.78. The lowest BCUT2D eigenvalue weighted by Crippen LogP contribution is -2.47. The number of nitriles is 1. The third kappa shape index (κ3) is 3.47. The number of amides is 1. The molecule has 0 aliphatic carbocycles. The first-order valence-electron chi connectivity index (χ1n) is 5.42. The van der Waals surface area contributed by atoms with Gasteiger partial charge in [0.1, 0.15) is 5.41 Å². The van der Waals surface area contributed by atoms with Crippen LogP contribution in [0, 0.1) is 16.7 Å². The van der Waals surface area contributed by atoms with Crippen LogP contribution in [0.5, 0.6) is 0 Å². The second-order valence-electron chi connectivity index (χ2n) is 3.71. The van der Waals surface area contributed by atoms with Crippen molar-refractivity contribution in [2.45, 2.75) is 32.7 Å². The van der Waals surface area contributed by atoms with Gasteiger partial charge in [-0.25, -0.2) is 0 Å². The molecule has 0 aromatic heterocycles. The maximum atomic E-state index is 11.9. The van der Waals surface area contributed by atoms with E-state index in [-0.39, 0.29) is 19.1 Å². The van der Waals surface area contributed by atoms with Gasteiger partial charge < -0.3 is 15.2 Å². The second kappa shape index (κ2) is 7.20. The van der Waals surface area contributed by atoms with E-state index in [9.17, 15) is 4.79 Å². The molecule has 1 atom stereocenters. The molecular weight excluding hydrogens is 208 g/mol. The minimum atomic E-state index is -0.999. The van der Waals surface area contributed by atoms with Crippen molar-refractivity contribution in [2.75, 3.05) is 20.3 Å². The second-order valence-corrected chi connectivity index (χ2v) is 3.71. The highest BCUT2D eigenvalue weighted by Crippen LogP contribution is 2.25. The van der Waals surface area contributed by atoms with Gasteiger partial charge in [-0.3, -0.25) is 4.79 Å². The van der Waals surface area contributed by atoms with Crippen LogP contribution in [0.4, 0.5) is 0 Å². The fraction of sp³-hybridized carbons (Fsp3) is 0.818. The number of carbonyl (C=O) groups excluding carboxylic acids is 1. The number of methoxy groups -OCH3 is 1. The van der Waals surface area contributed by atoms with E-state index in [1.54, 1.807) is 13.8 Å². The first-order valence-corrected chi connectivity index (χ1v) is 5.42. The van der Waals surface area contributed by atoms with E-state index in [1.807, 2.05) is 0 Å². The Bertz CT molecular complexity index is 256. The van der Waals surface area contributed by atoms with Gasteiger partial charge in [-0.05, 0) is 12.8 Å². The summed E-state index contributed by atoms with van der Waals surface area (Å²) in [5.41, 5.74) is -0.999. The van der Waals surface area contributed by atoms with Crippen LogP contribution < -0.4 is 5.32 Å². The summed E-state index contributed by atoms with van der Waals surface area (Å²) in [7, 11) is 1.49. The van der Waals surface area contributed by atoms with Gasteiger partial charge in [-0.1, -0.05) is 13.8 Å². The van der Waals surface area contributed by atoms with Gasteiger partial charge in [0.05, 0.1) is 25.3 Å². The van der Waals surface area contributed by atoms with E-state index >= 15 is 0 Å². The molecule has 0 aromatic carbocycles. The molecule has 0 aliphatic heterocycles. The normalized spacial score (nSPS) is 12.9. The van der Waals surface area contributed by atoms with Gasteiger partial charge in [-0.15, -0.1) is 0 Å². The first-order chi connectivity index (χ1) is 7.60. The smallest absolute Gasteiger partial charge is 0.240 e. The highest BCUT2D eigenvalue weighted by molar-refractivity contribution is 5.85. The molecule has 0 spiro atoms. The Morgan fingerprint density at radius 1 is 1.56 bits per heavy atom. The molecule has 16 heavy (non-hydrogen) atoms. The van der Waals surface area contributed by atoms with Crippen LogP contribution in [-0.2, 0) is 9.53 Å². The Labute approximate surface area is 96.4 Å². The van der Waals surface area contributed by atoms with E-state index in [0.717, 1.165) is 0 Å². The number of ether oxygens (including phenoxy) is 1. The van der Waals surface area contributed by atoms with Crippen LogP contribution >= 0.6 is 0 Å². The molecule has 5 heteroatoms. The Kier molecular flexibility index (Phi) is 6.70. The number of carbonyl (C=O) groups is 1. The van der Waals surface area contributed by atoms with Crippen molar-refractivity contribution in [3.05, 3.63) is 0 Å². The summed E-state index contributed by atoms with van der Waals surface area (Å²) in [5.74, 6) is -0.337. The Balaban J connectivity index is 4.59. The predicted octanol–water partition coefficient (Wildman–Crippen LogP) is 0.440. The molecule has 5 nitrogen and oxygen atoms in total. The molecule has 0 saturated carbocycles. The number of aliphatic hydroxyl groups excluding tert-OH is 1. The van der Waals surface area contributed by atoms with Gasteiger partial charge in [0.25, 0.3) is 0 Å². The van der Waals surface area contributed by atoms with Gasteiger partial charge in [-0.2, -0.15) is 5.26 Å². The molecule has 0 bridgehead atoms. The molecule has 2 N–H and O–H groups in total. The van der Waals surface area contributed by atoms with Crippen molar-refractivity contribution < 1.29 is 14.6 Å². The van der Waals surface area contributed by atoms with Gasteiger partial charge in [0, 0.05) is 7.11 Å². The lowest BCUT2D eigenvalue weighted by molar-refractivity contribution is -0.130. The van der Waals surface area contributed by atoms with Crippen molar-refractivity contribution in [3.63, 3.8) is 0 Å². The zero-order chi connectivity index (χ0) is 12.6. The number of hydrogen-bond donors (Lipinski definition) is 2. The largest absolute Gasteiger partial charge is 0.394 e. The molecule has 0 aromatic rings. The maximum absolute atomic E-state index is 11.9. The molecule has 1 amide bonds. The first kappa shape index (κ1) is 14.9. The van der Waals surface area contributed by atoms with Crippen molar-refractivity contribution >= 4 is 5.91 Å². The summed E-state index contributed by atoms with van der Waals surface area (Å²) < 4.78 is 4.85. The SMILES string of the molecule is CCC(C#N)(CC)C(=O)NC(CO)COC. The van der Waals surface area contributed by atoms with Crippen molar-refractivity contribution in [3.8, 4) is 6.07 Å². The van der Waals surface area contributed by atoms with Gasteiger partial charge in [0.2, 0.25) is 5.91 Å². The van der Waals surface area contributed by atoms with E-state index in [1.165, 1.54) is 7.11 Å². The summed E-state index contributed by atoms with van der Waals surface area (Å²) in [4.78, 5) is 11.9. The van der Waals surface area contributed by atoms with E-state index < -0.39 is 11.5 Å². The molecule has 0 radical (unpaired) electrons. The molecule has 0 rings (SSSR count). The number of rotatable bonds is 7. The molecule has 0 fully saturated rings. The zero-order valence-corrected chi connectivity index (χ0v) is 10.1. The summed E-state index contributed by atoms with van der Waals surface area (Å²) >= 11 is 0. The average molecular weight is 228 g/mol. The van der Waals surface area contributed by atoms with Crippen molar-refractivity contribution in [1.82, 2.24) is 5.32 Å². The fourth-order valence-corrected chi connectivity index (χ4v) is 1.44. The molecule has 1 unspecified atom stereocenters. The van der Waals surface area contributed by atoms with Crippen LogP contribution in [0.1, 0.15) is 26.7 Å². The van der Waals surface area contributed by atoms with Crippen molar-refractivity contribution in [2.24, 2.45) is 5.41 Å². The molecule has 0 heterocycles. The highest BCUT2D eigenvalue weighted by Gasteiger charge is 2.35. The van der Waals surface area contributed by atoms with Gasteiger partial charge >= 0.3 is 0 Å². The van der Waals surface area contributed by atoms with E-state index in [2.05, 4.69) is 11.4 Å². The Morgan fingerprint density at radius 3 is 2.44 bits per heavy atom. The standard InChI is InChI=1S/C11H20N2O3/c1-4-11(5-2,8-12)10(15)13-9(6-14)7-16-3/h9,14H,4-7H2,1-3H3,(H,13,15). The van der Waals surface area contributed by atoms with Crippen LogP contribution in [0.2, 0.25) is 0 Å². The zero-order valence-electron chi connectivity index (χ0n) is 10.1. The predicted molar refractivity (Wildman–Crippen MR) is 59.5 cm³/mol. The van der Waals surface area contributed by atoms with E-state index in [0.29, 0.717) is 12.8 Å². The fourth-order valence-electron chi connectivity index (χ4n) is 1.44. The molecule has 0 saturated heterocycles. The minimum absolute atomic E-state index is 0.200. The van der Waals surface area contributed by atoms with Crippen LogP contribution in [0.3, 0.4) is 0 Å². The number of hydrogen-bond acceptors (Lipinski definition) is 4. The topological polar surface area (TPSA) is 82.4 Å². The monoisotopic (exact) mass is 228 g/mol. The Morgan fingerprint density at radius 2 is 2.12 bits per heavy atom. The van der Waals surface area contributed by atoms with Crippen LogP contribution in [0.15, 0.2) is 0 Å². The molecular formula is C11H20N2O3. The highest BCUT2D eigenvalue weighted by atomic mass is 16.5. The lowest BCUT2D eigenvalue weighted by Gasteiger charge is -2.25. The summed E-state index contributed by atoms with van der Waals surface area (Å²) in [5, 5.41) is 20.7. The van der Waals surface area contributed by atoms with Gasteiger partial charge in [0.15, 0.2) is 0 Å². The maximum Gasteiger partial charge on any atom is 0.240 e. The lowest BCUT2D eigenvalue weighted by atomic mass is 9.83. The number of aliphatic hydroxyl groups is 1. The van der Waals surface area contributed by atoms with Crippen LogP contribution in [0.25, 0.3) is 0 Å². The quantitative estimate of drug-likeness (QED) is 0.662. The summed E-state index contributed by atoms with van der Waals surface area (Å²) in [6.07, 6.45) is 0.911. The number of nitrogens with one attached hydrogen (secondary N) is 1. The van der Waals surface area contributed by atoms with E-state index in [4.69, 9.17) is 15.1 Å². The van der Waals surface area contributed by atoms with Crippen molar-refractivity contribution in [1.29, 1.82) is 5.26 Å². The summed E-state index contributed by atoms with van der Waals surface area (Å²) in [6, 6.07) is 1.60. The molecule has 92 valence electrons. The Hall–Kier alpha value is -1.12. The molecule has 0 aliphatic rings. The minimum Gasteiger partial charge on any atom is -0.394 e. The summed E-state index contributed by atoms with van der Waals surface area (Å²) in [6.45, 7) is 3.64. The average Bonchev–Trinajstić information content (AvgIpc) is 2.31.